The summed E-state index contributed by atoms with van der Waals surface area (Å²) >= 11 is 0. The molecule has 7 nitrogen and oxygen atoms in total. The Morgan fingerprint density at radius 3 is 2.17 bits per heavy atom. The molecule has 0 bridgehead atoms. The molecule has 126 valence electrons. The molecule has 0 fully saturated rings. The van der Waals surface area contributed by atoms with Gasteiger partial charge in [0.15, 0.2) is 0 Å². The van der Waals surface area contributed by atoms with Crippen molar-refractivity contribution in [1.82, 2.24) is 4.90 Å². The summed E-state index contributed by atoms with van der Waals surface area (Å²) in [5.41, 5.74) is 3.24. The zero-order chi connectivity index (χ0) is 17.9. The third kappa shape index (κ3) is 4.23. The molecule has 1 amide bonds. The summed E-state index contributed by atoms with van der Waals surface area (Å²) < 4.78 is 9.79. The summed E-state index contributed by atoms with van der Waals surface area (Å²) in [7, 11) is 0. The van der Waals surface area contributed by atoms with Gasteiger partial charge in [0.2, 0.25) is 6.79 Å². The van der Waals surface area contributed by atoms with E-state index in [4.69, 9.17) is 9.47 Å². The first-order valence-electron chi connectivity index (χ1n) is 6.99. The van der Waals surface area contributed by atoms with E-state index in [2.05, 4.69) is 5.73 Å². The highest BCUT2D eigenvalue weighted by Gasteiger charge is 2.29. The van der Waals surface area contributed by atoms with Crippen LogP contribution in [0.1, 0.15) is 41.5 Å². The molecule has 0 radical (unpaired) electrons. The van der Waals surface area contributed by atoms with Gasteiger partial charge in [0.25, 0.3) is 0 Å². The summed E-state index contributed by atoms with van der Waals surface area (Å²) in [5, 5.41) is 9.20. The Hall–Kier alpha value is -2.53. The molecule has 0 aromatic carbocycles. The van der Waals surface area contributed by atoms with Gasteiger partial charge in [-0.3, -0.25) is 4.79 Å². The number of allylic oxidation sites excluding steroid dienone is 1. The summed E-state index contributed by atoms with van der Waals surface area (Å²) in [4.78, 5) is 36.0. The quantitative estimate of drug-likeness (QED) is 0.488. The molecule has 0 aliphatic carbocycles. The van der Waals surface area contributed by atoms with Crippen LogP contribution >= 0.6 is 0 Å². The Labute approximate surface area is 134 Å². The summed E-state index contributed by atoms with van der Waals surface area (Å²) in [6.45, 7) is 9.20. The van der Waals surface area contributed by atoms with Gasteiger partial charge in [-0.15, -0.1) is 0 Å². The zero-order valence-electron chi connectivity index (χ0n) is 14.1. The Balaban J connectivity index is 2.89. The van der Waals surface area contributed by atoms with Crippen LogP contribution in [-0.2, 0) is 19.1 Å². The Bertz CT molecular complexity index is 644. The van der Waals surface area contributed by atoms with Gasteiger partial charge in [-0.2, -0.15) is 0 Å². The third-order valence-corrected chi connectivity index (χ3v) is 3.16. The first-order chi connectivity index (χ1) is 10.5. The lowest BCUT2D eigenvalue weighted by atomic mass is 9.98. The lowest BCUT2D eigenvalue weighted by Gasteiger charge is -2.25. The highest BCUT2D eigenvalue weighted by atomic mass is 16.7. The fraction of sp³-hybridized carbons (Fsp3) is 0.500. The van der Waals surface area contributed by atoms with Crippen molar-refractivity contribution in [1.29, 1.82) is 0 Å². The van der Waals surface area contributed by atoms with E-state index >= 15 is 0 Å². The van der Waals surface area contributed by atoms with Crippen molar-refractivity contribution in [2.75, 3.05) is 6.79 Å². The van der Waals surface area contributed by atoms with Crippen molar-refractivity contribution in [2.24, 2.45) is 5.41 Å². The number of hydrogen-bond donors (Lipinski definition) is 1. The van der Waals surface area contributed by atoms with Gasteiger partial charge in [0.05, 0.1) is 16.7 Å². The number of esters is 2. The molecule has 0 aromatic heterocycles. The van der Waals surface area contributed by atoms with Crippen molar-refractivity contribution in [3.63, 3.8) is 0 Å². The smallest absolute Gasteiger partial charge is 0.416 e. The van der Waals surface area contributed by atoms with E-state index in [-0.39, 0.29) is 11.3 Å². The Morgan fingerprint density at radius 1 is 1.13 bits per heavy atom. The van der Waals surface area contributed by atoms with Gasteiger partial charge in [-0.25, -0.2) is 14.5 Å². The molecule has 0 atom stereocenters. The van der Waals surface area contributed by atoms with E-state index in [1.165, 1.54) is 6.92 Å². The Kier molecular flexibility index (Phi) is 5.40. The molecule has 0 unspecified atom stereocenters. The first-order valence-corrected chi connectivity index (χ1v) is 6.99. The Morgan fingerprint density at radius 2 is 1.70 bits per heavy atom. The minimum absolute atomic E-state index is 0.0878. The summed E-state index contributed by atoms with van der Waals surface area (Å²) in [6.07, 6.45) is -1.22. The normalized spacial score (nSPS) is 15.0. The molecule has 23 heavy (non-hydrogen) atoms. The second-order valence-electron chi connectivity index (χ2n) is 6.15. The van der Waals surface area contributed by atoms with E-state index in [1.807, 2.05) is 0 Å². The van der Waals surface area contributed by atoms with Crippen molar-refractivity contribution in [3.8, 4) is 0 Å². The molecule has 0 saturated heterocycles. The molecule has 1 aliphatic heterocycles. The summed E-state index contributed by atoms with van der Waals surface area (Å²) in [5.74, 6) is -1.28. The van der Waals surface area contributed by atoms with E-state index in [0.29, 0.717) is 11.3 Å². The minimum atomic E-state index is -1.22. The van der Waals surface area contributed by atoms with Crippen LogP contribution in [0.4, 0.5) is 4.79 Å². The van der Waals surface area contributed by atoms with E-state index < -0.39 is 30.2 Å². The largest absolute Gasteiger partial charge is 0.464 e. The monoisotopic (exact) mass is 323 g/mol. The number of ether oxygens (including phenoxy) is 2. The fourth-order valence-corrected chi connectivity index (χ4v) is 2.04. The van der Waals surface area contributed by atoms with Gasteiger partial charge >= 0.3 is 18.0 Å². The molecule has 0 saturated carbocycles. The predicted octanol–water partition coefficient (Wildman–Crippen LogP) is 2.79. The molecule has 1 N–H and O–H groups in total. The number of carbonyl (C=O) groups excluding carboxylic acids is 2. The van der Waals surface area contributed by atoms with Crippen molar-refractivity contribution in [2.45, 2.75) is 41.5 Å². The van der Waals surface area contributed by atoms with E-state index in [0.717, 1.165) is 4.90 Å². The standard InChI is InChI=1S/C16H21NO6/c1-9-7-10(2)17(15(20)21)11(3)12(9)13(18)22-8-23-14(19)16(4,5)6/h8H2,1-6H3,(H,20,21). The highest BCUT2D eigenvalue weighted by molar-refractivity contribution is 5.95. The lowest BCUT2D eigenvalue weighted by Crippen LogP contribution is -2.31. The second-order valence-corrected chi connectivity index (χ2v) is 6.15. The van der Waals surface area contributed by atoms with Crippen molar-refractivity contribution in [3.05, 3.63) is 28.3 Å². The summed E-state index contributed by atoms with van der Waals surface area (Å²) in [6, 6.07) is 0. The number of nitrogens with zero attached hydrogens (tertiary/aromatic N) is 1. The molecule has 1 heterocycles. The number of carboxylic acid groups (broad SMARTS) is 1. The first kappa shape index (κ1) is 18.5. The van der Waals surface area contributed by atoms with Crippen LogP contribution in [0, 0.1) is 5.41 Å². The van der Waals surface area contributed by atoms with Crippen LogP contribution in [-0.4, -0.2) is 34.8 Å². The number of carbonyl (C=O) groups is 3. The lowest BCUT2D eigenvalue weighted by molar-refractivity contribution is -0.171. The van der Waals surface area contributed by atoms with Crippen molar-refractivity contribution < 1.29 is 29.0 Å². The van der Waals surface area contributed by atoms with E-state index in [9.17, 15) is 19.5 Å². The molecule has 1 aliphatic rings. The minimum Gasteiger partial charge on any atom is -0.464 e. The molecular formula is C16H21NO6. The molecule has 0 aromatic rings. The van der Waals surface area contributed by atoms with E-state index in [1.54, 1.807) is 34.6 Å². The van der Waals surface area contributed by atoms with Crippen LogP contribution in [0.25, 0.3) is 0 Å². The van der Waals surface area contributed by atoms with Gasteiger partial charge in [0, 0.05) is 11.3 Å². The number of amides is 1. The predicted molar refractivity (Wildman–Crippen MR) is 81.0 cm³/mol. The van der Waals surface area contributed by atoms with Crippen LogP contribution < -0.4 is 0 Å². The fourth-order valence-electron chi connectivity index (χ4n) is 2.04. The van der Waals surface area contributed by atoms with Gasteiger partial charge < -0.3 is 14.6 Å². The average Bonchev–Trinajstić information content (AvgIpc) is 2.35. The highest BCUT2D eigenvalue weighted by Crippen LogP contribution is 2.26. The van der Waals surface area contributed by atoms with Gasteiger partial charge in [-0.05, 0) is 41.5 Å². The zero-order valence-corrected chi connectivity index (χ0v) is 14.1. The molecule has 7 heteroatoms. The van der Waals surface area contributed by atoms with Crippen LogP contribution in [0.5, 0.6) is 0 Å². The van der Waals surface area contributed by atoms with Gasteiger partial charge in [0.1, 0.15) is 0 Å². The molecule has 0 spiro atoms. The van der Waals surface area contributed by atoms with Crippen molar-refractivity contribution >= 4 is 18.0 Å². The second kappa shape index (κ2) is 6.71. The number of rotatable bonds is 3. The SMILES string of the molecule is CC1=C=C(C)N(C(=O)O)C(C)=C1C(=O)OCOC(=O)C(C)(C)C. The van der Waals surface area contributed by atoms with Crippen LogP contribution in [0.3, 0.4) is 0 Å². The average molecular weight is 323 g/mol. The molecule has 1 rings (SSSR count). The maximum absolute atomic E-state index is 12.2. The van der Waals surface area contributed by atoms with Gasteiger partial charge in [-0.1, -0.05) is 5.73 Å². The maximum Gasteiger partial charge on any atom is 0.416 e. The number of hydrogen-bond acceptors (Lipinski definition) is 5. The van der Waals surface area contributed by atoms with Crippen LogP contribution in [0.2, 0.25) is 0 Å². The molecular weight excluding hydrogens is 302 g/mol. The maximum atomic E-state index is 12.2. The van der Waals surface area contributed by atoms with Crippen LogP contribution in [0.15, 0.2) is 28.3 Å². The topological polar surface area (TPSA) is 93.1 Å². The third-order valence-electron chi connectivity index (χ3n) is 3.16.